The quantitative estimate of drug-likeness (QED) is 0.0283. The van der Waals surface area contributed by atoms with Crippen LogP contribution in [0, 0.1) is 0 Å². The van der Waals surface area contributed by atoms with Crippen LogP contribution in [0.4, 0.5) is 0 Å². The summed E-state index contributed by atoms with van der Waals surface area (Å²) in [5.74, 6) is -1.60. The summed E-state index contributed by atoms with van der Waals surface area (Å²) in [6.07, 6.45) is 62.5. The zero-order valence-electron chi connectivity index (χ0n) is 40.2. The van der Waals surface area contributed by atoms with Gasteiger partial charge in [0.05, 0.1) is 34.4 Å². The molecule has 0 spiro atoms. The minimum atomic E-state index is -0.894. The Morgan fingerprint density at radius 1 is 0.492 bits per heavy atom. The van der Waals surface area contributed by atoms with Crippen molar-refractivity contribution in [2.24, 2.45) is 0 Å². The monoisotopic (exact) mass is 875 g/mol. The second-order valence-electron chi connectivity index (χ2n) is 16.6. The predicted octanol–water partition coefficient (Wildman–Crippen LogP) is 13.8. The van der Waals surface area contributed by atoms with Gasteiger partial charge in [0.2, 0.25) is 0 Å². The van der Waals surface area contributed by atoms with Crippen LogP contribution in [0.5, 0.6) is 0 Å². The standard InChI is InChI=1S/C55H87NO7/c1-6-8-10-12-14-16-18-20-22-24-25-26-27-28-30-31-33-35-37-39-41-43-45-53(57)62-50-51(49-61-48-47-52(55(59)60)56(3,4)5)63-54(58)46-44-42-40-38-36-34-32-29-23-21-19-17-15-13-11-9-7-2/h8,10,14-17,20-23,25-26,28,30,32-35,38,40,51-52H,6-7,9,11-13,18-19,24,27,29,31,36-37,39,41-50H2,1-5H3/p+1/b10-8+,16-14+,17-15+,22-20+,23-21+,26-25+,30-28+,34-32+,35-33+,40-38+. The molecule has 0 saturated carbocycles. The highest BCUT2D eigenvalue weighted by Gasteiger charge is 2.31. The molecule has 0 aliphatic heterocycles. The van der Waals surface area contributed by atoms with Crippen LogP contribution in [0.15, 0.2) is 122 Å². The summed E-state index contributed by atoms with van der Waals surface area (Å²) >= 11 is 0. The number of nitrogens with zero attached hydrogens (tertiary/aromatic N) is 1. The number of quaternary nitrogens is 1. The summed E-state index contributed by atoms with van der Waals surface area (Å²) in [4.78, 5) is 37.1. The predicted molar refractivity (Wildman–Crippen MR) is 265 cm³/mol. The van der Waals surface area contributed by atoms with Crippen molar-refractivity contribution in [1.82, 2.24) is 0 Å². The van der Waals surface area contributed by atoms with E-state index in [4.69, 9.17) is 14.2 Å². The molecule has 2 atom stereocenters. The van der Waals surface area contributed by atoms with E-state index in [1.165, 1.54) is 25.7 Å². The lowest BCUT2D eigenvalue weighted by molar-refractivity contribution is -0.887. The normalized spacial score (nSPS) is 14.0. The van der Waals surface area contributed by atoms with Crippen molar-refractivity contribution in [3.63, 3.8) is 0 Å². The van der Waals surface area contributed by atoms with Crippen molar-refractivity contribution < 1.29 is 38.2 Å². The highest BCUT2D eigenvalue weighted by molar-refractivity contribution is 5.72. The fraction of sp³-hybridized carbons (Fsp3) is 0.582. The van der Waals surface area contributed by atoms with E-state index in [2.05, 4.69) is 135 Å². The van der Waals surface area contributed by atoms with Gasteiger partial charge in [0.25, 0.3) is 0 Å². The minimum absolute atomic E-state index is 0.0195. The van der Waals surface area contributed by atoms with Gasteiger partial charge in [-0.3, -0.25) is 9.59 Å². The lowest BCUT2D eigenvalue weighted by Crippen LogP contribution is -2.50. The summed E-state index contributed by atoms with van der Waals surface area (Å²) in [7, 11) is 5.49. The van der Waals surface area contributed by atoms with Crippen LogP contribution in [0.25, 0.3) is 0 Å². The summed E-state index contributed by atoms with van der Waals surface area (Å²) in [6.45, 7) is 4.47. The Kier molecular flexibility index (Phi) is 41.3. The number of carbonyl (C=O) groups excluding carboxylic acids is 2. The number of hydrogen-bond acceptors (Lipinski definition) is 6. The van der Waals surface area contributed by atoms with E-state index in [9.17, 15) is 19.5 Å². The molecular weight excluding hydrogens is 787 g/mol. The molecule has 1 N–H and O–H groups in total. The summed E-state index contributed by atoms with van der Waals surface area (Å²) in [5.41, 5.74) is 0. The lowest BCUT2D eigenvalue weighted by Gasteiger charge is -2.31. The number of carbonyl (C=O) groups is 3. The van der Waals surface area contributed by atoms with Crippen LogP contribution >= 0.6 is 0 Å². The van der Waals surface area contributed by atoms with Crippen LogP contribution < -0.4 is 0 Å². The molecule has 0 heterocycles. The Balaban J connectivity index is 4.47. The maximum absolute atomic E-state index is 12.7. The van der Waals surface area contributed by atoms with E-state index in [0.29, 0.717) is 19.3 Å². The zero-order valence-corrected chi connectivity index (χ0v) is 40.2. The fourth-order valence-corrected chi connectivity index (χ4v) is 6.14. The first-order valence-electron chi connectivity index (χ1n) is 24.1. The molecule has 0 radical (unpaired) electrons. The van der Waals surface area contributed by atoms with Gasteiger partial charge in [0.1, 0.15) is 6.61 Å². The van der Waals surface area contributed by atoms with Gasteiger partial charge in [-0.15, -0.1) is 0 Å². The van der Waals surface area contributed by atoms with Crippen molar-refractivity contribution in [3.8, 4) is 0 Å². The summed E-state index contributed by atoms with van der Waals surface area (Å²) < 4.78 is 17.2. The van der Waals surface area contributed by atoms with Crippen LogP contribution in [0.2, 0.25) is 0 Å². The Hall–Kier alpha value is -4.27. The molecule has 8 nitrogen and oxygen atoms in total. The van der Waals surface area contributed by atoms with Gasteiger partial charge in [-0.05, 0) is 103 Å². The number of unbranched alkanes of at least 4 members (excludes halogenated alkanes) is 7. The number of carboxylic acid groups (broad SMARTS) is 1. The molecule has 0 amide bonds. The molecule has 0 rings (SSSR count). The maximum Gasteiger partial charge on any atom is 0.362 e. The molecule has 0 aromatic rings. The summed E-state index contributed by atoms with van der Waals surface area (Å²) in [5, 5.41) is 9.64. The fourth-order valence-electron chi connectivity index (χ4n) is 6.14. The van der Waals surface area contributed by atoms with E-state index in [1.807, 2.05) is 21.1 Å². The van der Waals surface area contributed by atoms with Gasteiger partial charge in [-0.2, -0.15) is 0 Å². The van der Waals surface area contributed by atoms with Crippen molar-refractivity contribution >= 4 is 17.9 Å². The van der Waals surface area contributed by atoms with Crippen LogP contribution in [0.1, 0.15) is 155 Å². The third-order valence-electron chi connectivity index (χ3n) is 9.85. The molecule has 63 heavy (non-hydrogen) atoms. The van der Waals surface area contributed by atoms with Crippen LogP contribution in [0.3, 0.4) is 0 Å². The van der Waals surface area contributed by atoms with Crippen molar-refractivity contribution in [1.29, 1.82) is 0 Å². The van der Waals surface area contributed by atoms with Crippen LogP contribution in [-0.4, -0.2) is 80.6 Å². The van der Waals surface area contributed by atoms with Crippen molar-refractivity contribution in [2.45, 2.75) is 167 Å². The average molecular weight is 875 g/mol. The van der Waals surface area contributed by atoms with Gasteiger partial charge < -0.3 is 23.8 Å². The Morgan fingerprint density at radius 2 is 0.905 bits per heavy atom. The minimum Gasteiger partial charge on any atom is -0.477 e. The van der Waals surface area contributed by atoms with E-state index >= 15 is 0 Å². The Bertz CT molecular complexity index is 1440. The van der Waals surface area contributed by atoms with Gasteiger partial charge in [-0.1, -0.05) is 155 Å². The molecule has 0 saturated heterocycles. The Labute approximate surface area is 384 Å². The molecule has 0 fully saturated rings. The largest absolute Gasteiger partial charge is 0.477 e. The number of esters is 2. The first kappa shape index (κ1) is 58.7. The second-order valence-corrected chi connectivity index (χ2v) is 16.6. The van der Waals surface area contributed by atoms with Crippen molar-refractivity contribution in [2.75, 3.05) is 41.0 Å². The van der Waals surface area contributed by atoms with E-state index in [0.717, 1.165) is 89.9 Å². The number of allylic oxidation sites excluding steroid dienone is 20. The highest BCUT2D eigenvalue weighted by Crippen LogP contribution is 2.11. The first-order chi connectivity index (χ1) is 30.6. The van der Waals surface area contributed by atoms with E-state index < -0.39 is 18.1 Å². The smallest absolute Gasteiger partial charge is 0.362 e. The van der Waals surface area contributed by atoms with Gasteiger partial charge in [0, 0.05) is 19.3 Å². The van der Waals surface area contributed by atoms with Gasteiger partial charge in [-0.25, -0.2) is 4.79 Å². The second kappa shape index (κ2) is 44.3. The zero-order chi connectivity index (χ0) is 46.3. The number of ether oxygens (including phenoxy) is 3. The number of aliphatic carboxylic acids is 1. The molecule has 0 aromatic heterocycles. The van der Waals surface area contributed by atoms with Crippen molar-refractivity contribution in [3.05, 3.63) is 122 Å². The van der Waals surface area contributed by atoms with Crippen LogP contribution in [-0.2, 0) is 28.6 Å². The van der Waals surface area contributed by atoms with Gasteiger partial charge in [0.15, 0.2) is 12.1 Å². The molecule has 0 aliphatic carbocycles. The summed E-state index contributed by atoms with van der Waals surface area (Å²) in [6, 6.07) is -0.638. The molecule has 0 bridgehead atoms. The number of likely N-dealkylation sites (N-methyl/N-ethyl adjacent to an activating group) is 1. The molecule has 0 aromatic carbocycles. The molecule has 2 unspecified atom stereocenters. The first-order valence-corrected chi connectivity index (χ1v) is 24.1. The molecular formula is C55H88NO7+. The number of hydrogen-bond donors (Lipinski definition) is 1. The molecule has 354 valence electrons. The Morgan fingerprint density at radius 3 is 1.33 bits per heavy atom. The van der Waals surface area contributed by atoms with E-state index in [-0.39, 0.29) is 42.7 Å². The lowest BCUT2D eigenvalue weighted by atomic mass is 10.1. The topological polar surface area (TPSA) is 99.1 Å². The maximum atomic E-state index is 12.7. The van der Waals surface area contributed by atoms with E-state index in [1.54, 1.807) is 0 Å². The third-order valence-corrected chi connectivity index (χ3v) is 9.85. The third kappa shape index (κ3) is 42.8. The highest BCUT2D eigenvalue weighted by atomic mass is 16.6. The number of rotatable bonds is 41. The average Bonchev–Trinajstić information content (AvgIpc) is 3.24. The SMILES string of the molecule is CC/C=C/C/C=C/C/C=C/C/C=C/C/C=C/C/C=C/CCCCCC(=O)OCC(COCCC(C(=O)O)[N+](C)(C)C)OC(=O)CCC/C=C/C/C=C/C/C=C/C/C=C/CCCCC. The number of carboxylic acids is 1. The molecule has 0 aliphatic rings. The van der Waals surface area contributed by atoms with Gasteiger partial charge >= 0.3 is 17.9 Å². The molecule has 8 heteroatoms.